The van der Waals surface area contributed by atoms with Crippen molar-refractivity contribution in [3.05, 3.63) is 54.6 Å². The highest BCUT2D eigenvalue weighted by Gasteiger charge is 2.47. The Morgan fingerprint density at radius 3 is 2.73 bits per heavy atom. The van der Waals surface area contributed by atoms with Crippen LogP contribution in [-0.4, -0.2) is 47.2 Å². The minimum Gasteiger partial charge on any atom is -0.469 e. The number of carbonyl (C=O) groups is 1. The largest absolute Gasteiger partial charge is 0.469 e. The molecule has 2 fully saturated rings. The zero-order chi connectivity index (χ0) is 17.5. The molecule has 26 heavy (non-hydrogen) atoms. The number of fused-ring (bicyclic) bond motifs is 1. The van der Waals surface area contributed by atoms with Gasteiger partial charge in [0.1, 0.15) is 5.76 Å². The predicted molar refractivity (Wildman–Crippen MR) is 97.9 cm³/mol. The molecule has 1 saturated carbocycles. The molecule has 1 saturated heterocycles. The smallest absolute Gasteiger partial charge is 0.226 e. The Bertz CT molecular complexity index is 927. The van der Waals surface area contributed by atoms with Crippen LogP contribution in [0.4, 0.5) is 5.82 Å². The number of nitrogens with zero attached hydrogens (tertiary/aromatic N) is 4. The van der Waals surface area contributed by atoms with Gasteiger partial charge in [0.15, 0.2) is 5.82 Å². The van der Waals surface area contributed by atoms with Crippen molar-refractivity contribution in [2.45, 2.75) is 12.3 Å². The summed E-state index contributed by atoms with van der Waals surface area (Å²) in [7, 11) is 0. The number of carbonyl (C=O) groups excluding carboxylic acids is 1. The van der Waals surface area contributed by atoms with Crippen LogP contribution in [0.1, 0.15) is 18.1 Å². The van der Waals surface area contributed by atoms with E-state index in [2.05, 4.69) is 27.2 Å². The Kier molecular flexibility index (Phi) is 3.62. The predicted octanol–water partition coefficient (Wildman–Crippen LogP) is 2.68. The minimum absolute atomic E-state index is 0.0880. The lowest BCUT2D eigenvalue weighted by Gasteiger charge is -2.35. The average Bonchev–Trinajstić information content (AvgIpc) is 3.31. The molecule has 0 radical (unpaired) electrons. The molecule has 2 aliphatic rings. The molecule has 6 nitrogen and oxygen atoms in total. The van der Waals surface area contributed by atoms with E-state index in [1.807, 2.05) is 29.2 Å². The van der Waals surface area contributed by atoms with Crippen LogP contribution < -0.4 is 4.90 Å². The second kappa shape index (κ2) is 6.12. The summed E-state index contributed by atoms with van der Waals surface area (Å²) in [6, 6.07) is 12.0. The molecule has 3 heterocycles. The van der Waals surface area contributed by atoms with E-state index < -0.39 is 0 Å². The van der Waals surface area contributed by atoms with Crippen LogP contribution >= 0.6 is 0 Å². The van der Waals surface area contributed by atoms with E-state index in [1.54, 1.807) is 12.5 Å². The molecule has 2 aromatic heterocycles. The number of benzene rings is 1. The maximum absolute atomic E-state index is 12.8. The summed E-state index contributed by atoms with van der Waals surface area (Å²) < 4.78 is 5.45. The third-order valence-corrected chi connectivity index (χ3v) is 5.46. The molecule has 1 aliphatic carbocycles. The highest BCUT2D eigenvalue weighted by molar-refractivity contribution is 5.91. The van der Waals surface area contributed by atoms with Gasteiger partial charge in [-0.2, -0.15) is 5.10 Å². The Morgan fingerprint density at radius 2 is 1.92 bits per heavy atom. The Labute approximate surface area is 151 Å². The highest BCUT2D eigenvalue weighted by Crippen LogP contribution is 2.48. The van der Waals surface area contributed by atoms with Gasteiger partial charge in [0.2, 0.25) is 5.91 Å². The van der Waals surface area contributed by atoms with Gasteiger partial charge in [0, 0.05) is 48.8 Å². The summed E-state index contributed by atoms with van der Waals surface area (Å²) in [5.41, 5.74) is 0. The van der Waals surface area contributed by atoms with E-state index >= 15 is 0 Å². The molecule has 132 valence electrons. The topological polar surface area (TPSA) is 62.5 Å². The van der Waals surface area contributed by atoms with Crippen molar-refractivity contribution >= 4 is 22.5 Å². The van der Waals surface area contributed by atoms with Crippen molar-refractivity contribution in [2.24, 2.45) is 5.92 Å². The van der Waals surface area contributed by atoms with Crippen molar-refractivity contribution < 1.29 is 9.21 Å². The second-order valence-electron chi connectivity index (χ2n) is 7.03. The first-order chi connectivity index (χ1) is 12.8. The van der Waals surface area contributed by atoms with Crippen LogP contribution in [0.3, 0.4) is 0 Å². The number of furan rings is 1. The van der Waals surface area contributed by atoms with E-state index in [-0.39, 0.29) is 17.7 Å². The molecule has 0 N–H and O–H groups in total. The van der Waals surface area contributed by atoms with Gasteiger partial charge in [-0.25, -0.2) is 0 Å². The van der Waals surface area contributed by atoms with E-state index in [9.17, 15) is 4.79 Å². The van der Waals surface area contributed by atoms with Gasteiger partial charge in [0.05, 0.1) is 12.5 Å². The minimum atomic E-state index is 0.0880. The monoisotopic (exact) mass is 348 g/mol. The Hall–Kier alpha value is -2.89. The van der Waals surface area contributed by atoms with Crippen LogP contribution in [-0.2, 0) is 4.79 Å². The molecule has 0 spiro atoms. The third kappa shape index (κ3) is 2.62. The SMILES string of the molecule is O=C([C@@H]1C[C@H]1c1ccco1)N1CCN(c2nncc3ccccc23)CC1. The first kappa shape index (κ1) is 15.4. The lowest BCUT2D eigenvalue weighted by atomic mass is 10.1. The lowest BCUT2D eigenvalue weighted by Crippen LogP contribution is -2.49. The van der Waals surface area contributed by atoms with Crippen LogP contribution in [0, 0.1) is 5.92 Å². The Morgan fingerprint density at radius 1 is 1.08 bits per heavy atom. The van der Waals surface area contributed by atoms with Crippen molar-refractivity contribution in [1.29, 1.82) is 0 Å². The van der Waals surface area contributed by atoms with E-state index in [0.717, 1.165) is 55.0 Å². The number of aromatic nitrogens is 2. The summed E-state index contributed by atoms with van der Waals surface area (Å²) in [6.07, 6.45) is 4.38. The fraction of sp³-hybridized carbons (Fsp3) is 0.350. The standard InChI is InChI=1S/C20H20N4O2/c25-20(17-12-16(17)18-6-3-11-26-18)24-9-7-23(8-10-24)19-15-5-2-1-4-14(15)13-21-22-19/h1-6,11,13,16-17H,7-10,12H2/t16-,17-/m1/s1. The summed E-state index contributed by atoms with van der Waals surface area (Å²) >= 11 is 0. The van der Waals surface area contributed by atoms with E-state index in [0.29, 0.717) is 0 Å². The molecule has 3 aromatic rings. The second-order valence-corrected chi connectivity index (χ2v) is 7.03. The quantitative estimate of drug-likeness (QED) is 0.728. The number of amides is 1. The fourth-order valence-corrected chi connectivity index (χ4v) is 3.90. The number of hydrogen-bond acceptors (Lipinski definition) is 5. The van der Waals surface area contributed by atoms with Gasteiger partial charge in [-0.05, 0) is 18.6 Å². The van der Waals surface area contributed by atoms with Crippen LogP contribution in [0.2, 0.25) is 0 Å². The van der Waals surface area contributed by atoms with Crippen LogP contribution in [0.25, 0.3) is 10.8 Å². The van der Waals surface area contributed by atoms with Gasteiger partial charge in [-0.15, -0.1) is 5.10 Å². The number of hydrogen-bond donors (Lipinski definition) is 0. The Balaban J connectivity index is 1.26. The highest BCUT2D eigenvalue weighted by atomic mass is 16.3. The number of rotatable bonds is 3. The first-order valence-electron chi connectivity index (χ1n) is 9.09. The first-order valence-corrected chi connectivity index (χ1v) is 9.09. The van der Waals surface area contributed by atoms with Crippen LogP contribution in [0.5, 0.6) is 0 Å². The molecule has 6 heteroatoms. The zero-order valence-electron chi connectivity index (χ0n) is 14.4. The molecule has 1 aromatic carbocycles. The molecule has 2 atom stereocenters. The normalized spacial score (nSPS) is 22.6. The van der Waals surface area contributed by atoms with Crippen molar-refractivity contribution in [3.63, 3.8) is 0 Å². The van der Waals surface area contributed by atoms with Gasteiger partial charge in [0.25, 0.3) is 0 Å². The number of anilines is 1. The summed E-state index contributed by atoms with van der Waals surface area (Å²) in [5, 5.41) is 10.7. The van der Waals surface area contributed by atoms with Crippen LogP contribution in [0.15, 0.2) is 53.3 Å². The van der Waals surface area contributed by atoms with Gasteiger partial charge in [-0.1, -0.05) is 24.3 Å². The molecule has 0 unspecified atom stereocenters. The summed E-state index contributed by atoms with van der Waals surface area (Å²) in [5.74, 6) is 2.46. The van der Waals surface area contributed by atoms with Crippen molar-refractivity contribution in [3.8, 4) is 0 Å². The average molecular weight is 348 g/mol. The third-order valence-electron chi connectivity index (χ3n) is 5.46. The number of piperazine rings is 1. The molecular formula is C20H20N4O2. The summed E-state index contributed by atoms with van der Waals surface area (Å²) in [6.45, 7) is 3.02. The van der Waals surface area contributed by atoms with Crippen molar-refractivity contribution in [1.82, 2.24) is 15.1 Å². The molecule has 0 bridgehead atoms. The molecular weight excluding hydrogens is 328 g/mol. The summed E-state index contributed by atoms with van der Waals surface area (Å²) in [4.78, 5) is 17.0. The van der Waals surface area contributed by atoms with Gasteiger partial charge < -0.3 is 14.2 Å². The van der Waals surface area contributed by atoms with Crippen molar-refractivity contribution in [2.75, 3.05) is 31.1 Å². The molecule has 1 amide bonds. The molecule has 1 aliphatic heterocycles. The molecule has 5 rings (SSSR count). The van der Waals surface area contributed by atoms with Gasteiger partial charge in [-0.3, -0.25) is 4.79 Å². The fourth-order valence-electron chi connectivity index (χ4n) is 3.90. The maximum atomic E-state index is 12.8. The zero-order valence-corrected chi connectivity index (χ0v) is 14.4. The van der Waals surface area contributed by atoms with Gasteiger partial charge >= 0.3 is 0 Å². The van der Waals surface area contributed by atoms with E-state index in [4.69, 9.17) is 4.42 Å². The lowest BCUT2D eigenvalue weighted by molar-refractivity contribution is -0.133. The van der Waals surface area contributed by atoms with E-state index in [1.165, 1.54) is 0 Å². The maximum Gasteiger partial charge on any atom is 0.226 e.